The predicted octanol–water partition coefficient (Wildman–Crippen LogP) is 2.91. The number of nitrogens with zero attached hydrogens (tertiary/aromatic N) is 2. The van der Waals surface area contributed by atoms with E-state index in [0.717, 1.165) is 17.4 Å². The summed E-state index contributed by atoms with van der Waals surface area (Å²) in [6.07, 6.45) is 1.09. The number of carboxylic acids is 1. The Morgan fingerprint density at radius 3 is 2.50 bits per heavy atom. The number of aryl methyl sites for hydroxylation is 1. The monoisotopic (exact) mass is 429 g/mol. The minimum absolute atomic E-state index is 0.149. The number of carbonyl (C=O) groups excluding carboxylic acids is 1. The van der Waals surface area contributed by atoms with Gasteiger partial charge in [-0.25, -0.2) is 13.4 Å². The molecular formula is C21H23N3O5S. The van der Waals surface area contributed by atoms with Crippen LogP contribution in [-0.2, 0) is 19.6 Å². The van der Waals surface area contributed by atoms with Gasteiger partial charge in [0.15, 0.2) is 0 Å². The fourth-order valence-corrected chi connectivity index (χ4v) is 3.82. The van der Waals surface area contributed by atoms with E-state index < -0.39 is 16.0 Å². The van der Waals surface area contributed by atoms with Crippen molar-refractivity contribution in [2.75, 3.05) is 11.0 Å². The zero-order valence-electron chi connectivity index (χ0n) is 16.7. The summed E-state index contributed by atoms with van der Waals surface area (Å²) in [6.45, 7) is 1.97. The molecule has 8 nitrogen and oxygen atoms in total. The second kappa shape index (κ2) is 8.66. The van der Waals surface area contributed by atoms with Crippen LogP contribution in [0.25, 0.3) is 0 Å². The molecule has 0 fully saturated rings. The Kier molecular flexibility index (Phi) is 6.21. The largest absolute Gasteiger partial charge is 0.481 e. The molecule has 158 valence electrons. The summed E-state index contributed by atoms with van der Waals surface area (Å²) >= 11 is 0. The SMILES string of the molecule is Cc1ccc([C@@H]2CC(c3cccc(NS(C)(=O)=O)c3)=NN2C(=O)CCC(=O)O)cc1. The lowest BCUT2D eigenvalue weighted by molar-refractivity contribution is -0.141. The van der Waals surface area contributed by atoms with Crippen LogP contribution in [0, 0.1) is 6.92 Å². The van der Waals surface area contributed by atoms with E-state index >= 15 is 0 Å². The first-order chi connectivity index (χ1) is 14.1. The van der Waals surface area contributed by atoms with Crippen molar-refractivity contribution in [3.05, 3.63) is 65.2 Å². The van der Waals surface area contributed by atoms with Crippen molar-refractivity contribution in [1.82, 2.24) is 5.01 Å². The van der Waals surface area contributed by atoms with Gasteiger partial charge in [-0.05, 0) is 30.2 Å². The smallest absolute Gasteiger partial charge is 0.303 e. The molecule has 1 aliphatic rings. The van der Waals surface area contributed by atoms with Crippen LogP contribution in [0.1, 0.15) is 42.0 Å². The molecule has 1 amide bonds. The second-order valence-electron chi connectivity index (χ2n) is 7.26. The number of carboxylic acid groups (broad SMARTS) is 1. The fourth-order valence-electron chi connectivity index (χ4n) is 3.27. The van der Waals surface area contributed by atoms with Crippen LogP contribution < -0.4 is 4.72 Å². The number of rotatable bonds is 7. The van der Waals surface area contributed by atoms with Crippen LogP contribution in [0.5, 0.6) is 0 Å². The van der Waals surface area contributed by atoms with Crippen molar-refractivity contribution in [3.63, 3.8) is 0 Å². The molecule has 0 spiro atoms. The number of anilines is 1. The Morgan fingerprint density at radius 1 is 1.17 bits per heavy atom. The average molecular weight is 429 g/mol. The van der Waals surface area contributed by atoms with Gasteiger partial charge in [-0.15, -0.1) is 0 Å². The van der Waals surface area contributed by atoms with Crippen LogP contribution in [0.15, 0.2) is 53.6 Å². The van der Waals surface area contributed by atoms with Gasteiger partial charge in [-0.3, -0.25) is 14.3 Å². The highest BCUT2D eigenvalue weighted by Gasteiger charge is 2.33. The minimum Gasteiger partial charge on any atom is -0.481 e. The van der Waals surface area contributed by atoms with Crippen molar-refractivity contribution >= 4 is 33.3 Å². The molecule has 2 N–H and O–H groups in total. The normalized spacial score (nSPS) is 16.3. The van der Waals surface area contributed by atoms with Crippen molar-refractivity contribution in [1.29, 1.82) is 0 Å². The van der Waals surface area contributed by atoms with Crippen LogP contribution in [0.2, 0.25) is 0 Å². The third-order valence-corrected chi connectivity index (χ3v) is 5.29. The van der Waals surface area contributed by atoms with Crippen LogP contribution in [-0.4, -0.2) is 42.4 Å². The maximum atomic E-state index is 12.7. The number of hydrazone groups is 1. The van der Waals surface area contributed by atoms with E-state index in [-0.39, 0.29) is 24.8 Å². The first-order valence-corrected chi connectivity index (χ1v) is 11.3. The molecule has 9 heteroatoms. The van der Waals surface area contributed by atoms with Gasteiger partial charge in [0, 0.05) is 18.5 Å². The Balaban J connectivity index is 1.92. The van der Waals surface area contributed by atoms with Crippen LogP contribution in [0.3, 0.4) is 0 Å². The van der Waals surface area contributed by atoms with Gasteiger partial charge in [0.05, 0.1) is 24.4 Å². The summed E-state index contributed by atoms with van der Waals surface area (Å²) in [6, 6.07) is 14.2. The molecule has 1 heterocycles. The molecule has 0 saturated carbocycles. The molecule has 0 saturated heterocycles. The van der Waals surface area contributed by atoms with E-state index in [9.17, 15) is 18.0 Å². The number of hydrogen-bond acceptors (Lipinski definition) is 5. The topological polar surface area (TPSA) is 116 Å². The number of hydrogen-bond donors (Lipinski definition) is 2. The first kappa shape index (κ1) is 21.5. The summed E-state index contributed by atoms with van der Waals surface area (Å²) in [5.74, 6) is -1.42. The number of carbonyl (C=O) groups is 2. The lowest BCUT2D eigenvalue weighted by atomic mass is 9.97. The molecular weight excluding hydrogens is 406 g/mol. The Bertz CT molecular complexity index is 1090. The first-order valence-electron chi connectivity index (χ1n) is 9.38. The molecule has 0 unspecified atom stereocenters. The highest BCUT2D eigenvalue weighted by molar-refractivity contribution is 7.92. The summed E-state index contributed by atoms with van der Waals surface area (Å²) in [5.41, 5.74) is 3.70. The van der Waals surface area contributed by atoms with E-state index in [2.05, 4.69) is 9.82 Å². The van der Waals surface area contributed by atoms with Gasteiger partial charge in [0.2, 0.25) is 15.9 Å². The predicted molar refractivity (Wildman–Crippen MR) is 114 cm³/mol. The van der Waals surface area contributed by atoms with Gasteiger partial charge >= 0.3 is 5.97 Å². The highest BCUT2D eigenvalue weighted by Crippen LogP contribution is 2.34. The zero-order chi connectivity index (χ0) is 21.9. The average Bonchev–Trinajstić information content (AvgIpc) is 3.11. The second-order valence-corrected chi connectivity index (χ2v) is 9.01. The molecule has 2 aromatic rings. The van der Waals surface area contributed by atoms with Crippen molar-refractivity contribution in [2.24, 2.45) is 5.10 Å². The lowest BCUT2D eigenvalue weighted by Gasteiger charge is -2.22. The third-order valence-electron chi connectivity index (χ3n) is 4.68. The summed E-state index contributed by atoms with van der Waals surface area (Å²) < 4.78 is 25.5. The molecule has 2 aromatic carbocycles. The molecule has 0 aliphatic carbocycles. The van der Waals surface area contributed by atoms with E-state index in [1.165, 1.54) is 5.01 Å². The molecule has 0 aromatic heterocycles. The molecule has 0 bridgehead atoms. The Morgan fingerprint density at radius 2 is 1.87 bits per heavy atom. The van der Waals surface area contributed by atoms with Gasteiger partial charge < -0.3 is 5.11 Å². The van der Waals surface area contributed by atoms with Crippen LogP contribution in [0.4, 0.5) is 5.69 Å². The summed E-state index contributed by atoms with van der Waals surface area (Å²) in [5, 5.41) is 14.7. The van der Waals surface area contributed by atoms with E-state index in [0.29, 0.717) is 23.4 Å². The van der Waals surface area contributed by atoms with Gasteiger partial charge in [-0.1, -0.05) is 42.0 Å². The van der Waals surface area contributed by atoms with Gasteiger partial charge in [-0.2, -0.15) is 5.10 Å². The maximum absolute atomic E-state index is 12.7. The Hall–Kier alpha value is -3.20. The van der Waals surface area contributed by atoms with E-state index in [1.807, 2.05) is 31.2 Å². The third kappa shape index (κ3) is 5.44. The molecule has 0 radical (unpaired) electrons. The van der Waals surface area contributed by atoms with E-state index in [4.69, 9.17) is 5.11 Å². The number of sulfonamides is 1. The zero-order valence-corrected chi connectivity index (χ0v) is 17.5. The Labute approximate surface area is 175 Å². The van der Waals surface area contributed by atoms with Crippen molar-refractivity contribution in [3.8, 4) is 0 Å². The standard InChI is InChI=1S/C21H23N3O5S/c1-14-6-8-15(9-7-14)19-13-18(22-24(19)20(25)10-11-21(26)27)16-4-3-5-17(12-16)23-30(2,28)29/h3-9,12,19,23H,10-11,13H2,1-2H3,(H,26,27)/t19-/m0/s1. The van der Waals surface area contributed by atoms with Gasteiger partial charge in [0.25, 0.3) is 0 Å². The molecule has 30 heavy (non-hydrogen) atoms. The molecule has 1 atom stereocenters. The van der Waals surface area contributed by atoms with Crippen LogP contribution >= 0.6 is 0 Å². The number of aliphatic carboxylic acids is 1. The highest BCUT2D eigenvalue weighted by atomic mass is 32.2. The van der Waals surface area contributed by atoms with Crippen molar-refractivity contribution < 1.29 is 23.1 Å². The summed E-state index contributed by atoms with van der Waals surface area (Å²) in [4.78, 5) is 23.6. The maximum Gasteiger partial charge on any atom is 0.303 e. The molecule has 1 aliphatic heterocycles. The quantitative estimate of drug-likeness (QED) is 0.702. The molecule has 3 rings (SSSR count). The number of nitrogens with one attached hydrogen (secondary N) is 1. The number of amides is 1. The number of benzene rings is 2. The van der Waals surface area contributed by atoms with Gasteiger partial charge in [0.1, 0.15) is 0 Å². The van der Waals surface area contributed by atoms with E-state index in [1.54, 1.807) is 24.3 Å². The summed E-state index contributed by atoms with van der Waals surface area (Å²) in [7, 11) is -3.43. The lowest BCUT2D eigenvalue weighted by Crippen LogP contribution is -2.27. The fraction of sp³-hybridized carbons (Fsp3) is 0.286. The minimum atomic E-state index is -3.43. The van der Waals surface area contributed by atoms with Crippen molar-refractivity contribution in [2.45, 2.75) is 32.2 Å².